The second kappa shape index (κ2) is 6.93. The Morgan fingerprint density at radius 3 is 2.76 bits per heavy atom. The molecule has 0 saturated carbocycles. The average molecular weight is 264 g/mol. The van der Waals surface area contributed by atoms with Gasteiger partial charge >= 0.3 is 0 Å². The van der Waals surface area contributed by atoms with Gasteiger partial charge in [-0.25, -0.2) is 8.42 Å². The minimum Gasteiger partial charge on any atom is -0.378 e. The molecule has 1 aliphatic heterocycles. The van der Waals surface area contributed by atoms with Gasteiger partial charge in [-0.1, -0.05) is 6.42 Å². The zero-order valence-corrected chi connectivity index (χ0v) is 10.7. The van der Waals surface area contributed by atoms with E-state index in [1.165, 1.54) is 0 Å². The molecule has 1 heterocycles. The number of ether oxygens (including phenoxy) is 1. The zero-order valence-electron chi connectivity index (χ0n) is 9.85. The van der Waals surface area contributed by atoms with Crippen LogP contribution in [0.3, 0.4) is 0 Å². The van der Waals surface area contributed by atoms with Gasteiger partial charge in [0, 0.05) is 13.1 Å². The van der Waals surface area contributed by atoms with E-state index in [1.807, 2.05) is 0 Å². The topological polar surface area (TPSA) is 98.5 Å². The summed E-state index contributed by atoms with van der Waals surface area (Å²) in [7, 11) is -3.24. The molecule has 1 atom stereocenters. The first-order chi connectivity index (χ1) is 8.08. The third-order valence-electron chi connectivity index (χ3n) is 2.68. The lowest BCUT2D eigenvalue weighted by Crippen LogP contribution is -2.43. The molecule has 100 valence electrons. The molecular formula is C10H20N2O4S. The predicted octanol–water partition coefficient (Wildman–Crippen LogP) is -0.955. The summed E-state index contributed by atoms with van der Waals surface area (Å²) in [6.45, 7) is 1.56. The van der Waals surface area contributed by atoms with Crippen LogP contribution in [0.15, 0.2) is 0 Å². The highest BCUT2D eigenvalue weighted by atomic mass is 32.2. The summed E-state index contributed by atoms with van der Waals surface area (Å²) in [4.78, 5) is 11.7. The molecule has 1 fully saturated rings. The first-order valence-electron chi connectivity index (χ1n) is 5.85. The monoisotopic (exact) mass is 264 g/mol. The molecule has 0 radical (unpaired) electrons. The zero-order chi connectivity index (χ0) is 12.7. The molecule has 0 aromatic rings. The maximum atomic E-state index is 11.7. The van der Waals surface area contributed by atoms with Crippen molar-refractivity contribution in [3.63, 3.8) is 0 Å². The number of carbonyl (C=O) groups excluding carboxylic acids is 1. The minimum absolute atomic E-state index is 0.120. The lowest BCUT2D eigenvalue weighted by atomic mass is 10.2. The number of hydrogen-bond donors (Lipinski definition) is 2. The molecule has 0 bridgehead atoms. The largest absolute Gasteiger partial charge is 0.378 e. The summed E-state index contributed by atoms with van der Waals surface area (Å²) < 4.78 is 28.4. The number of amides is 1. The molecule has 3 N–H and O–H groups in total. The van der Waals surface area contributed by atoms with E-state index in [-0.39, 0.29) is 5.75 Å². The van der Waals surface area contributed by atoms with Gasteiger partial charge in [0.15, 0.2) is 9.84 Å². The summed E-state index contributed by atoms with van der Waals surface area (Å²) >= 11 is 0. The van der Waals surface area contributed by atoms with Crippen LogP contribution in [0, 0.1) is 0 Å². The molecule has 0 aliphatic carbocycles. The van der Waals surface area contributed by atoms with Crippen LogP contribution in [-0.2, 0) is 19.4 Å². The van der Waals surface area contributed by atoms with E-state index in [2.05, 4.69) is 5.32 Å². The Morgan fingerprint density at radius 1 is 1.35 bits per heavy atom. The van der Waals surface area contributed by atoms with Crippen molar-refractivity contribution in [2.45, 2.75) is 24.5 Å². The Labute approximate surface area is 102 Å². The predicted molar refractivity (Wildman–Crippen MR) is 64.3 cm³/mol. The molecule has 17 heavy (non-hydrogen) atoms. The van der Waals surface area contributed by atoms with E-state index in [0.717, 1.165) is 6.42 Å². The Balaban J connectivity index is 2.31. The standard InChI is InChI=1S/C10H20N2O4S/c11-4-6-16-7-5-12-10(13)9-3-1-2-8-17(9,14)15/h9H,1-8,11H2,(H,12,13). The molecule has 0 aromatic carbocycles. The van der Waals surface area contributed by atoms with Crippen LogP contribution in [0.25, 0.3) is 0 Å². The number of rotatable bonds is 6. The van der Waals surface area contributed by atoms with Gasteiger partial charge in [-0.2, -0.15) is 0 Å². The fraction of sp³-hybridized carbons (Fsp3) is 0.900. The van der Waals surface area contributed by atoms with Gasteiger partial charge in [-0.05, 0) is 12.8 Å². The highest BCUT2D eigenvalue weighted by Gasteiger charge is 2.34. The van der Waals surface area contributed by atoms with Gasteiger partial charge in [0.2, 0.25) is 5.91 Å². The van der Waals surface area contributed by atoms with E-state index >= 15 is 0 Å². The fourth-order valence-corrected chi connectivity index (χ4v) is 3.62. The van der Waals surface area contributed by atoms with Gasteiger partial charge in [-0.3, -0.25) is 4.79 Å². The van der Waals surface area contributed by atoms with E-state index < -0.39 is 21.0 Å². The van der Waals surface area contributed by atoms with E-state index in [4.69, 9.17) is 10.5 Å². The molecular weight excluding hydrogens is 244 g/mol. The van der Waals surface area contributed by atoms with Gasteiger partial charge < -0.3 is 15.8 Å². The van der Waals surface area contributed by atoms with Crippen LogP contribution >= 0.6 is 0 Å². The SMILES string of the molecule is NCCOCCNC(=O)C1CCCCS1(=O)=O. The normalized spacial score (nSPS) is 23.2. The Hall–Kier alpha value is -0.660. The number of nitrogens with two attached hydrogens (primary N) is 1. The second-order valence-electron chi connectivity index (χ2n) is 4.04. The summed E-state index contributed by atoms with van der Waals surface area (Å²) in [5, 5.41) is 1.71. The van der Waals surface area contributed by atoms with E-state index in [9.17, 15) is 13.2 Å². The molecule has 1 aliphatic rings. The number of carbonyl (C=O) groups is 1. The van der Waals surface area contributed by atoms with Crippen molar-refractivity contribution in [2.24, 2.45) is 5.73 Å². The first kappa shape index (κ1) is 14.4. The third kappa shape index (κ3) is 4.61. The van der Waals surface area contributed by atoms with Crippen LogP contribution in [0.1, 0.15) is 19.3 Å². The van der Waals surface area contributed by atoms with Crippen molar-refractivity contribution in [1.82, 2.24) is 5.32 Å². The van der Waals surface area contributed by atoms with Gasteiger partial charge in [0.1, 0.15) is 5.25 Å². The summed E-state index contributed by atoms with van der Waals surface area (Å²) in [6, 6.07) is 0. The van der Waals surface area contributed by atoms with E-state index in [1.54, 1.807) is 0 Å². The molecule has 6 nitrogen and oxygen atoms in total. The van der Waals surface area contributed by atoms with Gasteiger partial charge in [-0.15, -0.1) is 0 Å². The second-order valence-corrected chi connectivity index (χ2v) is 6.35. The maximum Gasteiger partial charge on any atom is 0.238 e. The quantitative estimate of drug-likeness (QED) is 0.602. The molecule has 1 amide bonds. The lowest BCUT2D eigenvalue weighted by molar-refractivity contribution is -0.121. The first-order valence-corrected chi connectivity index (χ1v) is 7.56. The highest BCUT2D eigenvalue weighted by Crippen LogP contribution is 2.19. The van der Waals surface area contributed by atoms with Crippen LogP contribution in [-0.4, -0.2) is 51.6 Å². The maximum absolute atomic E-state index is 11.7. The highest BCUT2D eigenvalue weighted by molar-refractivity contribution is 7.92. The van der Waals surface area contributed by atoms with Gasteiger partial charge in [0.25, 0.3) is 0 Å². The lowest BCUT2D eigenvalue weighted by Gasteiger charge is -2.21. The van der Waals surface area contributed by atoms with E-state index in [0.29, 0.717) is 39.1 Å². The van der Waals surface area contributed by atoms with Crippen LogP contribution in [0.5, 0.6) is 0 Å². The van der Waals surface area contributed by atoms with Crippen molar-refractivity contribution >= 4 is 15.7 Å². The minimum atomic E-state index is -3.24. The van der Waals surface area contributed by atoms with Crippen molar-refractivity contribution in [3.05, 3.63) is 0 Å². The van der Waals surface area contributed by atoms with Crippen molar-refractivity contribution < 1.29 is 17.9 Å². The number of hydrogen-bond acceptors (Lipinski definition) is 5. The third-order valence-corrected chi connectivity index (χ3v) is 4.85. The molecule has 7 heteroatoms. The molecule has 0 aromatic heterocycles. The van der Waals surface area contributed by atoms with Crippen molar-refractivity contribution in [2.75, 3.05) is 32.1 Å². The van der Waals surface area contributed by atoms with Crippen LogP contribution < -0.4 is 11.1 Å². The average Bonchev–Trinajstić information content (AvgIpc) is 2.28. The summed E-state index contributed by atoms with van der Waals surface area (Å²) in [5.41, 5.74) is 5.23. The Kier molecular flexibility index (Phi) is 5.87. The van der Waals surface area contributed by atoms with Crippen LogP contribution in [0.4, 0.5) is 0 Å². The fourth-order valence-electron chi connectivity index (χ4n) is 1.79. The molecule has 1 unspecified atom stereocenters. The van der Waals surface area contributed by atoms with Crippen molar-refractivity contribution in [1.29, 1.82) is 0 Å². The molecule has 0 spiro atoms. The number of nitrogens with one attached hydrogen (secondary N) is 1. The number of sulfone groups is 1. The smallest absolute Gasteiger partial charge is 0.238 e. The van der Waals surface area contributed by atoms with Crippen molar-refractivity contribution in [3.8, 4) is 0 Å². The summed E-state index contributed by atoms with van der Waals surface area (Å²) in [6.07, 6.45) is 1.88. The van der Waals surface area contributed by atoms with Gasteiger partial charge in [0.05, 0.1) is 19.0 Å². The Bertz CT molecular complexity index is 342. The Morgan fingerprint density at radius 2 is 2.12 bits per heavy atom. The molecule has 1 rings (SSSR count). The van der Waals surface area contributed by atoms with Crippen LogP contribution in [0.2, 0.25) is 0 Å². The summed E-state index contributed by atoms with van der Waals surface area (Å²) in [5.74, 6) is -0.282. The molecule has 1 saturated heterocycles.